The van der Waals surface area contributed by atoms with E-state index >= 15 is 0 Å². The number of aromatic carboxylic acids is 1. The average Bonchev–Trinajstić information content (AvgIpc) is 2.15. The van der Waals surface area contributed by atoms with Crippen molar-refractivity contribution in [3.8, 4) is 0 Å². The SMILES string of the molecule is CNCCc1ccc(Cl)cc1C(=O)O. The van der Waals surface area contributed by atoms with E-state index in [-0.39, 0.29) is 5.56 Å². The highest BCUT2D eigenvalue weighted by Crippen LogP contribution is 2.16. The first-order valence-electron chi connectivity index (χ1n) is 4.31. The van der Waals surface area contributed by atoms with Crippen LogP contribution in [-0.2, 0) is 6.42 Å². The lowest BCUT2D eigenvalue weighted by Gasteiger charge is -2.05. The van der Waals surface area contributed by atoms with E-state index in [1.165, 1.54) is 6.07 Å². The summed E-state index contributed by atoms with van der Waals surface area (Å²) in [5.41, 5.74) is 1.09. The molecule has 3 nitrogen and oxygen atoms in total. The van der Waals surface area contributed by atoms with Crippen LogP contribution >= 0.6 is 11.6 Å². The second kappa shape index (κ2) is 4.98. The van der Waals surface area contributed by atoms with E-state index in [2.05, 4.69) is 5.32 Å². The van der Waals surface area contributed by atoms with Crippen LogP contribution in [0.4, 0.5) is 0 Å². The Hall–Kier alpha value is -1.06. The Morgan fingerprint density at radius 3 is 2.86 bits per heavy atom. The number of likely N-dealkylation sites (N-methyl/N-ethyl adjacent to an activating group) is 1. The Kier molecular flexibility index (Phi) is 3.92. The Labute approximate surface area is 87.7 Å². The van der Waals surface area contributed by atoms with E-state index < -0.39 is 5.97 Å². The fraction of sp³-hybridized carbons (Fsp3) is 0.300. The molecule has 0 aliphatic carbocycles. The van der Waals surface area contributed by atoms with Gasteiger partial charge in [0.1, 0.15) is 0 Å². The normalized spacial score (nSPS) is 10.1. The molecule has 0 saturated heterocycles. The molecule has 76 valence electrons. The van der Waals surface area contributed by atoms with Crippen LogP contribution in [0.3, 0.4) is 0 Å². The van der Waals surface area contributed by atoms with Crippen LogP contribution in [0.5, 0.6) is 0 Å². The number of hydrogen-bond donors (Lipinski definition) is 2. The number of carboxylic acid groups (broad SMARTS) is 1. The molecular weight excluding hydrogens is 202 g/mol. The Balaban J connectivity index is 2.96. The van der Waals surface area contributed by atoms with Gasteiger partial charge in [-0.1, -0.05) is 17.7 Å². The van der Waals surface area contributed by atoms with Gasteiger partial charge >= 0.3 is 5.97 Å². The maximum Gasteiger partial charge on any atom is 0.336 e. The smallest absolute Gasteiger partial charge is 0.336 e. The predicted octanol–water partition coefficient (Wildman–Crippen LogP) is 1.80. The van der Waals surface area contributed by atoms with E-state index in [0.29, 0.717) is 11.4 Å². The standard InChI is InChI=1S/C10H12ClNO2/c1-12-5-4-7-2-3-8(11)6-9(7)10(13)14/h2-3,6,12H,4-5H2,1H3,(H,13,14). The molecule has 0 fully saturated rings. The van der Waals surface area contributed by atoms with Gasteiger partial charge in [-0.05, 0) is 37.7 Å². The van der Waals surface area contributed by atoms with Crippen molar-refractivity contribution in [2.75, 3.05) is 13.6 Å². The van der Waals surface area contributed by atoms with Crippen molar-refractivity contribution in [2.45, 2.75) is 6.42 Å². The molecule has 4 heteroatoms. The van der Waals surface area contributed by atoms with E-state index in [4.69, 9.17) is 16.7 Å². The quantitative estimate of drug-likeness (QED) is 0.802. The highest BCUT2D eigenvalue weighted by molar-refractivity contribution is 6.30. The van der Waals surface area contributed by atoms with Crippen molar-refractivity contribution >= 4 is 17.6 Å². The van der Waals surface area contributed by atoms with Crippen molar-refractivity contribution in [2.24, 2.45) is 0 Å². The maximum absolute atomic E-state index is 10.9. The van der Waals surface area contributed by atoms with Gasteiger partial charge in [-0.25, -0.2) is 4.79 Å². The minimum atomic E-state index is -0.932. The molecule has 0 radical (unpaired) electrons. The molecule has 0 amide bonds. The fourth-order valence-corrected chi connectivity index (χ4v) is 1.40. The van der Waals surface area contributed by atoms with Gasteiger partial charge in [-0.15, -0.1) is 0 Å². The first-order chi connectivity index (χ1) is 6.65. The third-order valence-corrected chi connectivity index (χ3v) is 2.18. The van der Waals surface area contributed by atoms with E-state index in [0.717, 1.165) is 12.1 Å². The molecule has 0 heterocycles. The molecule has 1 aromatic carbocycles. The number of rotatable bonds is 4. The molecular formula is C10H12ClNO2. The Morgan fingerprint density at radius 2 is 2.29 bits per heavy atom. The number of hydrogen-bond acceptors (Lipinski definition) is 2. The molecule has 0 aromatic heterocycles. The van der Waals surface area contributed by atoms with Crippen molar-refractivity contribution in [1.29, 1.82) is 0 Å². The van der Waals surface area contributed by atoms with Crippen molar-refractivity contribution in [3.63, 3.8) is 0 Å². The topological polar surface area (TPSA) is 49.3 Å². The van der Waals surface area contributed by atoms with Crippen LogP contribution in [0.25, 0.3) is 0 Å². The zero-order valence-electron chi connectivity index (χ0n) is 7.88. The van der Waals surface area contributed by atoms with Gasteiger partial charge in [0.25, 0.3) is 0 Å². The first-order valence-corrected chi connectivity index (χ1v) is 4.69. The Morgan fingerprint density at radius 1 is 1.57 bits per heavy atom. The van der Waals surface area contributed by atoms with Crippen LogP contribution in [0, 0.1) is 0 Å². The third-order valence-electron chi connectivity index (χ3n) is 1.95. The zero-order valence-corrected chi connectivity index (χ0v) is 8.64. The van der Waals surface area contributed by atoms with Gasteiger partial charge in [-0.2, -0.15) is 0 Å². The summed E-state index contributed by atoms with van der Waals surface area (Å²) in [6.07, 6.45) is 0.690. The lowest BCUT2D eigenvalue weighted by atomic mass is 10.0. The van der Waals surface area contributed by atoms with Gasteiger partial charge in [0.2, 0.25) is 0 Å². The monoisotopic (exact) mass is 213 g/mol. The van der Waals surface area contributed by atoms with Crippen LogP contribution in [0.1, 0.15) is 15.9 Å². The Bertz CT molecular complexity index is 339. The predicted molar refractivity (Wildman–Crippen MR) is 56.0 cm³/mol. The van der Waals surface area contributed by atoms with Crippen molar-refractivity contribution in [1.82, 2.24) is 5.32 Å². The minimum absolute atomic E-state index is 0.285. The van der Waals surface area contributed by atoms with Gasteiger partial charge < -0.3 is 10.4 Å². The minimum Gasteiger partial charge on any atom is -0.478 e. The van der Waals surface area contributed by atoms with E-state index in [1.54, 1.807) is 12.1 Å². The average molecular weight is 214 g/mol. The van der Waals surface area contributed by atoms with Gasteiger partial charge in [0, 0.05) is 5.02 Å². The van der Waals surface area contributed by atoms with E-state index in [9.17, 15) is 4.79 Å². The van der Waals surface area contributed by atoms with E-state index in [1.807, 2.05) is 7.05 Å². The summed E-state index contributed by atoms with van der Waals surface area (Å²) in [7, 11) is 1.83. The number of benzene rings is 1. The molecule has 0 saturated carbocycles. The molecule has 0 atom stereocenters. The summed E-state index contributed by atoms with van der Waals surface area (Å²) in [5.74, 6) is -0.932. The highest BCUT2D eigenvalue weighted by atomic mass is 35.5. The lowest BCUT2D eigenvalue weighted by Crippen LogP contribution is -2.13. The molecule has 0 aliphatic heterocycles. The van der Waals surface area contributed by atoms with Gasteiger partial charge in [-0.3, -0.25) is 0 Å². The summed E-state index contributed by atoms with van der Waals surface area (Å²) in [4.78, 5) is 10.9. The zero-order chi connectivity index (χ0) is 10.6. The molecule has 0 bridgehead atoms. The second-order valence-corrected chi connectivity index (χ2v) is 3.40. The summed E-state index contributed by atoms with van der Waals surface area (Å²) >= 11 is 5.72. The molecule has 0 aliphatic rings. The largest absolute Gasteiger partial charge is 0.478 e. The van der Waals surface area contributed by atoms with Gasteiger partial charge in [0.15, 0.2) is 0 Å². The number of nitrogens with one attached hydrogen (secondary N) is 1. The summed E-state index contributed by atoms with van der Waals surface area (Å²) in [6, 6.07) is 4.94. The molecule has 0 spiro atoms. The van der Waals surface area contributed by atoms with Crippen LogP contribution in [-0.4, -0.2) is 24.7 Å². The van der Waals surface area contributed by atoms with Crippen LogP contribution < -0.4 is 5.32 Å². The number of carboxylic acids is 1. The maximum atomic E-state index is 10.9. The lowest BCUT2D eigenvalue weighted by molar-refractivity contribution is 0.0695. The van der Waals surface area contributed by atoms with Crippen LogP contribution in [0.2, 0.25) is 5.02 Å². The third kappa shape index (κ3) is 2.72. The summed E-state index contributed by atoms with van der Waals surface area (Å²) in [6.45, 7) is 0.752. The fourth-order valence-electron chi connectivity index (χ4n) is 1.23. The molecule has 14 heavy (non-hydrogen) atoms. The molecule has 1 rings (SSSR count). The summed E-state index contributed by atoms with van der Waals surface area (Å²) < 4.78 is 0. The van der Waals surface area contributed by atoms with Crippen LogP contribution in [0.15, 0.2) is 18.2 Å². The first kappa shape index (κ1) is 11.0. The molecule has 2 N–H and O–H groups in total. The summed E-state index contributed by atoms with van der Waals surface area (Å²) in [5, 5.41) is 12.3. The highest BCUT2D eigenvalue weighted by Gasteiger charge is 2.09. The molecule has 0 unspecified atom stereocenters. The van der Waals surface area contributed by atoms with Crippen molar-refractivity contribution in [3.05, 3.63) is 34.3 Å². The molecule has 1 aromatic rings. The van der Waals surface area contributed by atoms with Gasteiger partial charge in [0.05, 0.1) is 5.56 Å². The number of halogens is 1. The van der Waals surface area contributed by atoms with Crippen molar-refractivity contribution < 1.29 is 9.90 Å². The second-order valence-electron chi connectivity index (χ2n) is 2.96. The number of carbonyl (C=O) groups is 1.